The van der Waals surface area contributed by atoms with E-state index in [2.05, 4.69) is 10.1 Å². The molecule has 5 nitrogen and oxygen atoms in total. The first kappa shape index (κ1) is 18.1. The van der Waals surface area contributed by atoms with Gasteiger partial charge in [-0.15, -0.1) is 0 Å². The predicted molar refractivity (Wildman–Crippen MR) is 88.0 cm³/mol. The number of aromatic nitrogens is 3. The molecule has 2 aromatic heterocycles. The third kappa shape index (κ3) is 3.60. The average molecular weight is 382 g/mol. The lowest BCUT2D eigenvalue weighted by molar-refractivity contribution is -0.146. The number of hydrogen-bond donors (Lipinski definition) is 0. The van der Waals surface area contributed by atoms with E-state index in [1.807, 2.05) is 9.24 Å². The molecule has 3 aromatic rings. The van der Waals surface area contributed by atoms with Gasteiger partial charge in [-0.05, 0) is 36.4 Å². The number of fused-ring (bicyclic) bond motifs is 1. The maximum Gasteiger partial charge on any atom is 0.451 e. The summed E-state index contributed by atoms with van der Waals surface area (Å²) >= 11 is 0. The van der Waals surface area contributed by atoms with Crippen LogP contribution in [0.15, 0.2) is 36.4 Å². The number of benzene rings is 1. The standard InChI is InChI=1S/C16H11F4N4OP/c1-15(17,26)25-10-4-2-9(3-5-10)11-6-7-13-12(8-21)22-14(16(18,19)20)24(13)23-11/h2-7H,26H2,1H3. The molecule has 0 spiro atoms. The van der Waals surface area contributed by atoms with Crippen LogP contribution in [0.2, 0.25) is 0 Å². The van der Waals surface area contributed by atoms with Crippen LogP contribution in [0.25, 0.3) is 16.8 Å². The lowest BCUT2D eigenvalue weighted by atomic mass is 10.1. The quantitative estimate of drug-likeness (QED) is 0.504. The maximum atomic E-state index is 13.4. The van der Waals surface area contributed by atoms with Crippen LogP contribution in [0.1, 0.15) is 18.4 Å². The summed E-state index contributed by atoms with van der Waals surface area (Å²) in [6.45, 7) is 1.21. The van der Waals surface area contributed by atoms with Crippen LogP contribution in [0, 0.1) is 11.3 Å². The Labute approximate surface area is 147 Å². The monoisotopic (exact) mass is 382 g/mol. The van der Waals surface area contributed by atoms with Crippen molar-refractivity contribution in [2.24, 2.45) is 0 Å². The molecule has 1 aromatic carbocycles. The van der Waals surface area contributed by atoms with Crippen molar-refractivity contribution in [1.29, 1.82) is 5.26 Å². The largest absolute Gasteiger partial charge is 0.455 e. The fourth-order valence-electron chi connectivity index (χ4n) is 2.32. The number of ether oxygens (including phenoxy) is 1. The highest BCUT2D eigenvalue weighted by molar-refractivity contribution is 7.18. The Morgan fingerprint density at radius 3 is 2.31 bits per heavy atom. The molecule has 0 aliphatic heterocycles. The zero-order valence-electron chi connectivity index (χ0n) is 13.3. The Balaban J connectivity index is 2.05. The van der Waals surface area contributed by atoms with Crippen molar-refractivity contribution >= 4 is 14.8 Å². The molecule has 0 bridgehead atoms. The highest BCUT2D eigenvalue weighted by Crippen LogP contribution is 2.31. The van der Waals surface area contributed by atoms with Crippen molar-refractivity contribution in [3.63, 3.8) is 0 Å². The molecule has 0 saturated heterocycles. The third-order valence-corrected chi connectivity index (χ3v) is 3.44. The van der Waals surface area contributed by atoms with Gasteiger partial charge in [-0.1, -0.05) is 9.24 Å². The number of nitrogens with zero attached hydrogens (tertiary/aromatic N) is 4. The van der Waals surface area contributed by atoms with Gasteiger partial charge in [0.05, 0.1) is 5.69 Å². The van der Waals surface area contributed by atoms with E-state index in [4.69, 9.17) is 10.00 Å². The van der Waals surface area contributed by atoms with E-state index in [9.17, 15) is 17.6 Å². The highest BCUT2D eigenvalue weighted by Gasteiger charge is 2.38. The summed E-state index contributed by atoms with van der Waals surface area (Å²) in [5, 5.41) is 12.9. The van der Waals surface area contributed by atoms with Gasteiger partial charge in [0.25, 0.3) is 5.60 Å². The van der Waals surface area contributed by atoms with E-state index in [0.717, 1.165) is 0 Å². The normalized spacial score (nSPS) is 14.0. The second kappa shape index (κ2) is 6.22. The van der Waals surface area contributed by atoms with Gasteiger partial charge in [-0.2, -0.15) is 27.9 Å². The van der Waals surface area contributed by atoms with Crippen molar-refractivity contribution in [3.05, 3.63) is 47.9 Å². The molecule has 0 amide bonds. The van der Waals surface area contributed by atoms with Gasteiger partial charge in [0.1, 0.15) is 17.3 Å². The van der Waals surface area contributed by atoms with Crippen LogP contribution in [0.5, 0.6) is 5.75 Å². The SMILES string of the molecule is CC(F)(P)Oc1ccc(-c2ccc3c(C#N)nc(C(F)(F)F)n3n2)cc1. The first-order valence-electron chi connectivity index (χ1n) is 7.23. The second-order valence-electron chi connectivity index (χ2n) is 5.52. The summed E-state index contributed by atoms with van der Waals surface area (Å²) < 4.78 is 58.4. The highest BCUT2D eigenvalue weighted by atomic mass is 31.0. The molecule has 0 aliphatic rings. The molecule has 3 rings (SSSR count). The molecule has 2 atom stereocenters. The summed E-state index contributed by atoms with van der Waals surface area (Å²) in [4.78, 5) is 3.32. The second-order valence-corrected chi connectivity index (χ2v) is 6.55. The van der Waals surface area contributed by atoms with Gasteiger partial charge >= 0.3 is 6.18 Å². The first-order valence-corrected chi connectivity index (χ1v) is 7.80. The van der Waals surface area contributed by atoms with Gasteiger partial charge in [0.2, 0.25) is 5.82 Å². The molecule has 10 heteroatoms. The lowest BCUT2D eigenvalue weighted by Crippen LogP contribution is -2.16. The van der Waals surface area contributed by atoms with Gasteiger partial charge in [-0.25, -0.2) is 9.50 Å². The maximum absolute atomic E-state index is 13.4. The zero-order chi connectivity index (χ0) is 19.1. The van der Waals surface area contributed by atoms with Crippen LogP contribution in [-0.4, -0.2) is 20.2 Å². The van der Waals surface area contributed by atoms with Crippen LogP contribution in [0.4, 0.5) is 17.6 Å². The summed E-state index contributed by atoms with van der Waals surface area (Å²) in [5.74, 6) is -1.03. The van der Waals surface area contributed by atoms with Gasteiger partial charge in [0, 0.05) is 12.5 Å². The van der Waals surface area contributed by atoms with Crippen LogP contribution < -0.4 is 4.74 Å². The zero-order valence-corrected chi connectivity index (χ0v) is 14.4. The van der Waals surface area contributed by atoms with Crippen molar-refractivity contribution < 1.29 is 22.3 Å². The van der Waals surface area contributed by atoms with E-state index in [-0.39, 0.29) is 22.7 Å². The number of imidazole rings is 1. The summed E-state index contributed by atoms with van der Waals surface area (Å²) in [6.07, 6.45) is -4.76. The fraction of sp³-hybridized carbons (Fsp3) is 0.188. The van der Waals surface area contributed by atoms with Crippen molar-refractivity contribution in [2.75, 3.05) is 0 Å². The van der Waals surface area contributed by atoms with Crippen LogP contribution >= 0.6 is 9.24 Å². The molecule has 0 N–H and O–H groups in total. The molecule has 0 saturated carbocycles. The number of nitriles is 1. The lowest BCUT2D eigenvalue weighted by Gasteiger charge is -2.16. The Morgan fingerprint density at radius 1 is 1.12 bits per heavy atom. The Hall–Kier alpha value is -2.72. The topological polar surface area (TPSA) is 63.2 Å². The first-order chi connectivity index (χ1) is 12.1. The Bertz CT molecular complexity index is 1000. The Morgan fingerprint density at radius 2 is 1.77 bits per heavy atom. The van der Waals surface area contributed by atoms with Gasteiger partial charge in [0.15, 0.2) is 5.69 Å². The van der Waals surface area contributed by atoms with E-state index in [1.165, 1.54) is 43.3 Å². The van der Waals surface area contributed by atoms with E-state index < -0.39 is 17.6 Å². The smallest absolute Gasteiger partial charge is 0.451 e. The predicted octanol–water partition coefficient (Wildman–Crippen LogP) is 4.18. The Kier molecular flexibility index (Phi) is 4.32. The van der Waals surface area contributed by atoms with Gasteiger partial charge in [-0.3, -0.25) is 0 Å². The average Bonchev–Trinajstić information content (AvgIpc) is 2.92. The number of alkyl halides is 4. The van der Waals surface area contributed by atoms with Crippen molar-refractivity contribution in [2.45, 2.75) is 18.7 Å². The number of rotatable bonds is 3. The molecule has 0 fully saturated rings. The minimum absolute atomic E-state index is 0.0419. The fourth-order valence-corrected chi connectivity index (χ4v) is 2.45. The minimum Gasteiger partial charge on any atom is -0.455 e. The van der Waals surface area contributed by atoms with E-state index in [1.54, 1.807) is 6.07 Å². The molecule has 0 aliphatic carbocycles. The molecule has 2 unspecified atom stereocenters. The summed E-state index contributed by atoms with van der Waals surface area (Å²) in [5.41, 5.74) is -1.62. The van der Waals surface area contributed by atoms with Crippen molar-refractivity contribution in [3.8, 4) is 23.1 Å². The van der Waals surface area contributed by atoms with Crippen molar-refractivity contribution in [1.82, 2.24) is 14.6 Å². The molecule has 134 valence electrons. The minimum atomic E-state index is -4.76. The van der Waals surface area contributed by atoms with Crippen LogP contribution in [-0.2, 0) is 6.18 Å². The van der Waals surface area contributed by atoms with E-state index in [0.29, 0.717) is 10.1 Å². The molecular weight excluding hydrogens is 371 g/mol. The number of halogens is 4. The summed E-state index contributed by atoms with van der Waals surface area (Å²) in [7, 11) is 1.89. The summed E-state index contributed by atoms with van der Waals surface area (Å²) in [6, 6.07) is 10.5. The molecule has 2 heterocycles. The molecular formula is C16H11F4N4OP. The van der Waals surface area contributed by atoms with Gasteiger partial charge < -0.3 is 4.74 Å². The third-order valence-electron chi connectivity index (χ3n) is 3.32. The molecule has 0 radical (unpaired) electrons. The number of hydrogen-bond acceptors (Lipinski definition) is 4. The molecule has 26 heavy (non-hydrogen) atoms. The van der Waals surface area contributed by atoms with E-state index >= 15 is 0 Å². The van der Waals surface area contributed by atoms with Crippen LogP contribution in [0.3, 0.4) is 0 Å².